The molecule has 4 aromatic carbocycles. The zero-order valence-corrected chi connectivity index (χ0v) is 16.3. The molecule has 0 aliphatic heterocycles. The van der Waals surface area contributed by atoms with Crippen LogP contribution in [0.3, 0.4) is 0 Å². The summed E-state index contributed by atoms with van der Waals surface area (Å²) in [6.07, 6.45) is 0. The largest absolute Gasteiger partial charge is 0.303 e. The molecule has 0 saturated heterocycles. The van der Waals surface area contributed by atoms with Crippen molar-refractivity contribution in [2.24, 2.45) is 0 Å². The van der Waals surface area contributed by atoms with E-state index in [0.717, 1.165) is 38.4 Å². The Balaban J connectivity index is 1.81. The Morgan fingerprint density at radius 2 is 1.38 bits per heavy atom. The molecule has 0 aliphatic carbocycles. The summed E-state index contributed by atoms with van der Waals surface area (Å²) >= 11 is 0. The van der Waals surface area contributed by atoms with Crippen molar-refractivity contribution in [3.05, 3.63) is 119 Å². The van der Waals surface area contributed by atoms with E-state index >= 15 is 0 Å². The molecule has 0 aliphatic rings. The van der Waals surface area contributed by atoms with Crippen LogP contribution in [0.1, 0.15) is 11.1 Å². The lowest BCUT2D eigenvalue weighted by molar-refractivity contribution is 0.802. The maximum absolute atomic E-state index is 13.4. The molecular formula is C27H21NO. The topological polar surface area (TPSA) is 22.0 Å². The molecule has 29 heavy (non-hydrogen) atoms. The predicted octanol–water partition coefficient (Wildman–Crippen LogP) is 6.18. The molecule has 1 heterocycles. The number of hydrogen-bond acceptors (Lipinski definition) is 1. The van der Waals surface area contributed by atoms with Crippen LogP contribution in [0.4, 0.5) is 0 Å². The lowest BCUT2D eigenvalue weighted by Gasteiger charge is -2.15. The number of hydrogen-bond donors (Lipinski definition) is 0. The van der Waals surface area contributed by atoms with Crippen molar-refractivity contribution in [2.45, 2.75) is 13.5 Å². The van der Waals surface area contributed by atoms with Gasteiger partial charge >= 0.3 is 0 Å². The summed E-state index contributed by atoms with van der Waals surface area (Å²) in [5, 5.41) is 2.89. The molecule has 0 N–H and O–H groups in total. The van der Waals surface area contributed by atoms with E-state index in [1.807, 2.05) is 53.1 Å². The fourth-order valence-electron chi connectivity index (χ4n) is 4.04. The monoisotopic (exact) mass is 375 g/mol. The van der Waals surface area contributed by atoms with Gasteiger partial charge in [-0.1, -0.05) is 78.4 Å². The first-order chi connectivity index (χ1) is 14.2. The Bertz CT molecular complexity index is 1380. The minimum absolute atomic E-state index is 0.0554. The molecule has 0 atom stereocenters. The van der Waals surface area contributed by atoms with Gasteiger partial charge in [0.05, 0.1) is 12.1 Å². The first kappa shape index (κ1) is 17.4. The van der Waals surface area contributed by atoms with Crippen molar-refractivity contribution in [3.63, 3.8) is 0 Å². The molecule has 0 unspecified atom stereocenters. The van der Waals surface area contributed by atoms with Crippen molar-refractivity contribution >= 4 is 21.7 Å². The van der Waals surface area contributed by atoms with Gasteiger partial charge in [-0.05, 0) is 53.3 Å². The maximum atomic E-state index is 13.4. The zero-order valence-electron chi connectivity index (χ0n) is 16.3. The van der Waals surface area contributed by atoms with Gasteiger partial charge in [-0.2, -0.15) is 0 Å². The highest BCUT2D eigenvalue weighted by molar-refractivity contribution is 6.07. The quantitative estimate of drug-likeness (QED) is 0.345. The van der Waals surface area contributed by atoms with Crippen molar-refractivity contribution < 1.29 is 0 Å². The van der Waals surface area contributed by atoms with Gasteiger partial charge in [0.15, 0.2) is 0 Å². The number of aryl methyl sites for hydroxylation is 1. The van der Waals surface area contributed by atoms with E-state index in [1.54, 1.807) is 0 Å². The van der Waals surface area contributed by atoms with E-state index in [-0.39, 0.29) is 5.56 Å². The second-order valence-electron chi connectivity index (χ2n) is 7.52. The van der Waals surface area contributed by atoms with E-state index < -0.39 is 0 Å². The van der Waals surface area contributed by atoms with Gasteiger partial charge in [-0.25, -0.2) is 0 Å². The van der Waals surface area contributed by atoms with Crippen LogP contribution in [0.5, 0.6) is 0 Å². The molecular weight excluding hydrogens is 354 g/mol. The molecule has 1 aromatic heterocycles. The number of benzene rings is 4. The summed E-state index contributed by atoms with van der Waals surface area (Å²) in [7, 11) is 0. The SMILES string of the molecule is Cc1ccc2c(c1)c1cc(-c3ccccc3)ccc1c(=O)n2Cc1ccccc1. The van der Waals surface area contributed by atoms with Gasteiger partial charge in [0.2, 0.25) is 0 Å². The highest BCUT2D eigenvalue weighted by atomic mass is 16.1. The summed E-state index contributed by atoms with van der Waals surface area (Å²) in [5.41, 5.74) is 5.62. The number of rotatable bonds is 3. The van der Waals surface area contributed by atoms with Gasteiger partial charge in [-0.3, -0.25) is 4.79 Å². The summed E-state index contributed by atoms with van der Waals surface area (Å²) in [6, 6.07) is 33.0. The normalized spacial score (nSPS) is 11.2. The number of pyridine rings is 1. The molecule has 2 heteroatoms. The van der Waals surface area contributed by atoms with Crippen LogP contribution in [0.2, 0.25) is 0 Å². The molecule has 0 spiro atoms. The first-order valence-electron chi connectivity index (χ1n) is 9.87. The lowest BCUT2D eigenvalue weighted by atomic mass is 9.98. The van der Waals surface area contributed by atoms with E-state index in [0.29, 0.717) is 6.54 Å². The second kappa shape index (κ2) is 7.06. The Kier molecular flexibility index (Phi) is 4.25. The van der Waals surface area contributed by atoms with E-state index in [2.05, 4.69) is 55.5 Å². The van der Waals surface area contributed by atoms with Crippen LogP contribution in [0, 0.1) is 6.92 Å². The zero-order chi connectivity index (χ0) is 19.8. The molecule has 0 bridgehead atoms. The Labute approximate surface area is 169 Å². The molecule has 2 nitrogen and oxygen atoms in total. The third-order valence-electron chi connectivity index (χ3n) is 5.52. The minimum atomic E-state index is 0.0554. The van der Waals surface area contributed by atoms with Crippen molar-refractivity contribution in [3.8, 4) is 11.1 Å². The van der Waals surface area contributed by atoms with E-state index in [4.69, 9.17) is 0 Å². The highest BCUT2D eigenvalue weighted by Crippen LogP contribution is 2.29. The third kappa shape index (κ3) is 3.13. The standard InChI is InChI=1S/C27H21NO/c1-19-12-15-26-25(16-19)24-17-22(21-10-6-3-7-11-21)13-14-23(24)27(29)28(26)18-20-8-4-2-5-9-20/h2-17H,18H2,1H3. The molecule has 5 aromatic rings. The van der Waals surface area contributed by atoms with Crippen molar-refractivity contribution in [1.29, 1.82) is 0 Å². The number of aromatic nitrogens is 1. The average Bonchev–Trinajstić information content (AvgIpc) is 2.77. The molecule has 0 amide bonds. The summed E-state index contributed by atoms with van der Waals surface area (Å²) in [6.45, 7) is 2.66. The van der Waals surface area contributed by atoms with Crippen LogP contribution < -0.4 is 5.56 Å². The van der Waals surface area contributed by atoms with E-state index in [9.17, 15) is 4.79 Å². The second-order valence-corrected chi connectivity index (χ2v) is 7.52. The fourth-order valence-corrected chi connectivity index (χ4v) is 4.04. The maximum Gasteiger partial charge on any atom is 0.259 e. The highest BCUT2D eigenvalue weighted by Gasteiger charge is 2.12. The van der Waals surface area contributed by atoms with Crippen LogP contribution >= 0.6 is 0 Å². The lowest BCUT2D eigenvalue weighted by Crippen LogP contribution is -2.21. The van der Waals surface area contributed by atoms with Crippen LogP contribution in [0.15, 0.2) is 102 Å². The summed E-state index contributed by atoms with van der Waals surface area (Å²) < 4.78 is 1.90. The Hall–Kier alpha value is -3.65. The first-order valence-corrected chi connectivity index (χ1v) is 9.87. The molecule has 140 valence electrons. The van der Waals surface area contributed by atoms with Crippen LogP contribution in [-0.4, -0.2) is 4.57 Å². The van der Waals surface area contributed by atoms with Gasteiger partial charge in [0, 0.05) is 10.8 Å². The van der Waals surface area contributed by atoms with Crippen molar-refractivity contribution in [1.82, 2.24) is 4.57 Å². The molecule has 0 radical (unpaired) electrons. The molecule has 0 saturated carbocycles. The molecule has 0 fully saturated rings. The third-order valence-corrected chi connectivity index (χ3v) is 5.52. The van der Waals surface area contributed by atoms with Crippen LogP contribution in [0.25, 0.3) is 32.8 Å². The van der Waals surface area contributed by atoms with Gasteiger partial charge in [-0.15, -0.1) is 0 Å². The fraction of sp³-hybridized carbons (Fsp3) is 0.0741. The Morgan fingerprint density at radius 1 is 0.655 bits per heavy atom. The smallest absolute Gasteiger partial charge is 0.259 e. The summed E-state index contributed by atoms with van der Waals surface area (Å²) in [5.74, 6) is 0. The predicted molar refractivity (Wildman–Crippen MR) is 121 cm³/mol. The summed E-state index contributed by atoms with van der Waals surface area (Å²) in [4.78, 5) is 13.4. The number of fused-ring (bicyclic) bond motifs is 3. The average molecular weight is 375 g/mol. The van der Waals surface area contributed by atoms with Gasteiger partial charge in [0.1, 0.15) is 0 Å². The minimum Gasteiger partial charge on any atom is -0.303 e. The number of nitrogens with zero attached hydrogens (tertiary/aromatic N) is 1. The molecule has 5 rings (SSSR count). The van der Waals surface area contributed by atoms with E-state index in [1.165, 1.54) is 5.56 Å². The van der Waals surface area contributed by atoms with Crippen molar-refractivity contribution in [2.75, 3.05) is 0 Å². The van der Waals surface area contributed by atoms with Crippen LogP contribution in [-0.2, 0) is 6.54 Å². The van der Waals surface area contributed by atoms with Gasteiger partial charge < -0.3 is 4.57 Å². The van der Waals surface area contributed by atoms with Gasteiger partial charge in [0.25, 0.3) is 5.56 Å². The Morgan fingerprint density at radius 3 is 2.14 bits per heavy atom.